The minimum absolute atomic E-state index is 0.0980. The highest BCUT2D eigenvalue weighted by molar-refractivity contribution is 7.80. The summed E-state index contributed by atoms with van der Waals surface area (Å²) in [4.78, 5) is 0.236. The molecule has 0 aromatic heterocycles. The number of hydrogen-bond donors (Lipinski definition) is 2. The van der Waals surface area contributed by atoms with Gasteiger partial charge in [-0.2, -0.15) is 0 Å². The standard InChI is InChI=1S/C8H8FNOS/c9-7-4-6(11)2-1-5(7)3-8(10)12/h1-2,4,11H,3H2,(H2,10,12). The second kappa shape index (κ2) is 3.49. The molecule has 0 bridgehead atoms. The van der Waals surface area contributed by atoms with Crippen molar-refractivity contribution in [3.63, 3.8) is 0 Å². The molecule has 0 aliphatic carbocycles. The van der Waals surface area contributed by atoms with E-state index in [-0.39, 0.29) is 17.2 Å². The lowest BCUT2D eigenvalue weighted by Crippen LogP contribution is -2.11. The van der Waals surface area contributed by atoms with Crippen molar-refractivity contribution in [3.8, 4) is 5.75 Å². The third-order valence-corrected chi connectivity index (χ3v) is 1.55. The second-order valence-corrected chi connectivity index (χ2v) is 2.94. The number of thiocarbonyl (C=S) groups is 1. The summed E-state index contributed by atoms with van der Waals surface area (Å²) >= 11 is 4.62. The van der Waals surface area contributed by atoms with Crippen molar-refractivity contribution in [2.45, 2.75) is 6.42 Å². The SMILES string of the molecule is NC(=S)Cc1ccc(O)cc1F. The topological polar surface area (TPSA) is 46.2 Å². The summed E-state index contributed by atoms with van der Waals surface area (Å²) in [5, 5.41) is 8.87. The van der Waals surface area contributed by atoms with E-state index in [1.165, 1.54) is 12.1 Å². The van der Waals surface area contributed by atoms with Gasteiger partial charge < -0.3 is 10.8 Å². The summed E-state index contributed by atoms with van der Waals surface area (Å²) in [5.41, 5.74) is 5.64. The molecule has 3 N–H and O–H groups in total. The van der Waals surface area contributed by atoms with Gasteiger partial charge in [-0.05, 0) is 11.6 Å². The molecule has 1 rings (SSSR count). The van der Waals surface area contributed by atoms with Gasteiger partial charge in [0.1, 0.15) is 11.6 Å². The van der Waals surface area contributed by atoms with Gasteiger partial charge in [-0.1, -0.05) is 18.3 Å². The summed E-state index contributed by atoms with van der Waals surface area (Å²) in [7, 11) is 0. The summed E-state index contributed by atoms with van der Waals surface area (Å²) in [6, 6.07) is 3.90. The Morgan fingerprint density at radius 3 is 2.75 bits per heavy atom. The fourth-order valence-electron chi connectivity index (χ4n) is 0.867. The molecule has 0 fully saturated rings. The van der Waals surface area contributed by atoms with E-state index >= 15 is 0 Å². The lowest BCUT2D eigenvalue weighted by molar-refractivity contribution is 0.468. The molecule has 64 valence electrons. The van der Waals surface area contributed by atoms with Gasteiger partial charge in [0.05, 0.1) is 4.99 Å². The van der Waals surface area contributed by atoms with Crippen LogP contribution in [0.1, 0.15) is 5.56 Å². The van der Waals surface area contributed by atoms with Crippen LogP contribution in [0.3, 0.4) is 0 Å². The molecule has 0 aliphatic rings. The Morgan fingerprint density at radius 2 is 2.25 bits per heavy atom. The lowest BCUT2D eigenvalue weighted by Gasteiger charge is -2.01. The number of hydrogen-bond acceptors (Lipinski definition) is 2. The summed E-state index contributed by atoms with van der Waals surface area (Å²) in [6.07, 6.45) is 0.224. The fourth-order valence-corrected chi connectivity index (χ4v) is 1.02. The zero-order chi connectivity index (χ0) is 9.14. The maximum Gasteiger partial charge on any atom is 0.130 e. The highest BCUT2D eigenvalue weighted by atomic mass is 32.1. The molecule has 0 saturated carbocycles. The van der Waals surface area contributed by atoms with E-state index in [0.29, 0.717) is 5.56 Å². The van der Waals surface area contributed by atoms with Crippen LogP contribution in [-0.2, 0) is 6.42 Å². The highest BCUT2D eigenvalue weighted by Crippen LogP contribution is 2.15. The van der Waals surface area contributed by atoms with Crippen LogP contribution in [0.15, 0.2) is 18.2 Å². The predicted molar refractivity (Wildman–Crippen MR) is 48.6 cm³/mol. The number of benzene rings is 1. The summed E-state index contributed by atoms with van der Waals surface area (Å²) in [6.45, 7) is 0. The molecule has 0 unspecified atom stereocenters. The summed E-state index contributed by atoms with van der Waals surface area (Å²) in [5.74, 6) is -0.581. The Labute approximate surface area is 74.8 Å². The zero-order valence-corrected chi connectivity index (χ0v) is 7.07. The molecule has 0 aliphatic heterocycles. The van der Waals surface area contributed by atoms with E-state index < -0.39 is 5.82 Å². The fraction of sp³-hybridized carbons (Fsp3) is 0.125. The smallest absolute Gasteiger partial charge is 0.130 e. The van der Waals surface area contributed by atoms with Crippen molar-refractivity contribution in [2.24, 2.45) is 5.73 Å². The van der Waals surface area contributed by atoms with Crippen LogP contribution in [-0.4, -0.2) is 10.1 Å². The normalized spacial score (nSPS) is 9.75. The van der Waals surface area contributed by atoms with Crippen LogP contribution in [0.5, 0.6) is 5.75 Å². The Bertz CT molecular complexity index is 314. The Balaban J connectivity index is 2.93. The first-order valence-electron chi connectivity index (χ1n) is 3.35. The van der Waals surface area contributed by atoms with Gasteiger partial charge in [-0.3, -0.25) is 0 Å². The highest BCUT2D eigenvalue weighted by Gasteiger charge is 2.03. The van der Waals surface area contributed by atoms with Crippen LogP contribution < -0.4 is 5.73 Å². The minimum atomic E-state index is -0.484. The third-order valence-electron chi connectivity index (χ3n) is 1.40. The molecule has 2 nitrogen and oxygen atoms in total. The molecule has 0 saturated heterocycles. The van der Waals surface area contributed by atoms with Gasteiger partial charge in [-0.15, -0.1) is 0 Å². The molecule has 12 heavy (non-hydrogen) atoms. The maximum atomic E-state index is 12.9. The van der Waals surface area contributed by atoms with E-state index in [4.69, 9.17) is 10.8 Å². The van der Waals surface area contributed by atoms with Gasteiger partial charge in [0.2, 0.25) is 0 Å². The van der Waals surface area contributed by atoms with E-state index in [0.717, 1.165) is 6.07 Å². The molecule has 1 aromatic carbocycles. The van der Waals surface area contributed by atoms with Crippen molar-refractivity contribution < 1.29 is 9.50 Å². The molecular weight excluding hydrogens is 177 g/mol. The predicted octanol–water partition coefficient (Wildman–Crippen LogP) is 1.36. The maximum absolute atomic E-state index is 12.9. The van der Waals surface area contributed by atoms with Crippen molar-refractivity contribution in [3.05, 3.63) is 29.6 Å². The van der Waals surface area contributed by atoms with Gasteiger partial charge in [-0.25, -0.2) is 4.39 Å². The first-order valence-corrected chi connectivity index (χ1v) is 3.76. The van der Waals surface area contributed by atoms with E-state index in [2.05, 4.69) is 12.2 Å². The largest absolute Gasteiger partial charge is 0.508 e. The molecule has 0 heterocycles. The van der Waals surface area contributed by atoms with Gasteiger partial charge in [0.25, 0.3) is 0 Å². The Hall–Kier alpha value is -1.16. The quantitative estimate of drug-likeness (QED) is 0.684. The van der Waals surface area contributed by atoms with Crippen LogP contribution >= 0.6 is 12.2 Å². The third kappa shape index (κ3) is 2.17. The van der Waals surface area contributed by atoms with E-state index in [1.54, 1.807) is 0 Å². The molecule has 4 heteroatoms. The average molecular weight is 185 g/mol. The molecule has 0 amide bonds. The van der Waals surface area contributed by atoms with Crippen LogP contribution in [0.2, 0.25) is 0 Å². The number of phenols is 1. The van der Waals surface area contributed by atoms with Gasteiger partial charge in [0.15, 0.2) is 0 Å². The van der Waals surface area contributed by atoms with Crippen molar-refractivity contribution in [1.82, 2.24) is 0 Å². The lowest BCUT2D eigenvalue weighted by atomic mass is 10.1. The van der Waals surface area contributed by atoms with Gasteiger partial charge >= 0.3 is 0 Å². The molecule has 0 atom stereocenters. The Kier molecular flexibility index (Phi) is 2.60. The average Bonchev–Trinajstić information content (AvgIpc) is 1.94. The van der Waals surface area contributed by atoms with Gasteiger partial charge in [0, 0.05) is 12.5 Å². The summed E-state index contributed by atoms with van der Waals surface area (Å²) < 4.78 is 12.9. The molecule has 0 spiro atoms. The Morgan fingerprint density at radius 1 is 1.58 bits per heavy atom. The van der Waals surface area contributed by atoms with Crippen molar-refractivity contribution in [1.29, 1.82) is 0 Å². The molecular formula is C8H8FNOS. The van der Waals surface area contributed by atoms with Crippen LogP contribution in [0.4, 0.5) is 4.39 Å². The van der Waals surface area contributed by atoms with E-state index in [1.807, 2.05) is 0 Å². The van der Waals surface area contributed by atoms with Crippen LogP contribution in [0.25, 0.3) is 0 Å². The van der Waals surface area contributed by atoms with Crippen molar-refractivity contribution in [2.75, 3.05) is 0 Å². The first-order chi connectivity index (χ1) is 5.59. The number of phenolic OH excluding ortho intramolecular Hbond substituents is 1. The number of aromatic hydroxyl groups is 1. The number of rotatable bonds is 2. The monoisotopic (exact) mass is 185 g/mol. The van der Waals surface area contributed by atoms with Crippen LogP contribution in [0, 0.1) is 5.82 Å². The molecule has 0 radical (unpaired) electrons. The second-order valence-electron chi connectivity index (χ2n) is 2.42. The van der Waals surface area contributed by atoms with E-state index in [9.17, 15) is 4.39 Å². The zero-order valence-electron chi connectivity index (χ0n) is 6.25. The minimum Gasteiger partial charge on any atom is -0.508 e. The number of halogens is 1. The first kappa shape index (κ1) is 8.93. The molecule has 1 aromatic rings. The number of nitrogens with two attached hydrogens (primary N) is 1. The van der Waals surface area contributed by atoms with Crippen molar-refractivity contribution >= 4 is 17.2 Å².